The highest BCUT2D eigenvalue weighted by Gasteiger charge is 2.23. The molecular formula is C10H23NO2S. The van der Waals surface area contributed by atoms with Crippen LogP contribution in [-0.2, 0) is 10.0 Å². The van der Waals surface area contributed by atoms with Gasteiger partial charge < -0.3 is 0 Å². The standard InChI is InChI=1S/C10H23NO2S/c1-8(2)14(12,13)11-7-9(3)10(4,5)6/h8-9,11H,7H2,1-6H3. The van der Waals surface area contributed by atoms with Crippen molar-refractivity contribution in [3.05, 3.63) is 0 Å². The smallest absolute Gasteiger partial charge is 0.213 e. The van der Waals surface area contributed by atoms with E-state index >= 15 is 0 Å². The van der Waals surface area contributed by atoms with Gasteiger partial charge in [0, 0.05) is 6.54 Å². The fourth-order valence-electron chi connectivity index (χ4n) is 0.714. The van der Waals surface area contributed by atoms with Gasteiger partial charge >= 0.3 is 0 Å². The molecule has 86 valence electrons. The molecule has 0 fully saturated rings. The van der Waals surface area contributed by atoms with Crippen LogP contribution in [0.4, 0.5) is 0 Å². The van der Waals surface area contributed by atoms with E-state index in [1.54, 1.807) is 13.8 Å². The maximum absolute atomic E-state index is 11.5. The van der Waals surface area contributed by atoms with Crippen molar-refractivity contribution in [1.82, 2.24) is 4.72 Å². The van der Waals surface area contributed by atoms with Crippen LogP contribution in [0.15, 0.2) is 0 Å². The van der Waals surface area contributed by atoms with Crippen molar-refractivity contribution in [1.29, 1.82) is 0 Å². The molecule has 1 N–H and O–H groups in total. The van der Waals surface area contributed by atoms with Crippen LogP contribution < -0.4 is 4.72 Å². The van der Waals surface area contributed by atoms with Crippen LogP contribution in [0.5, 0.6) is 0 Å². The van der Waals surface area contributed by atoms with Crippen LogP contribution in [-0.4, -0.2) is 20.2 Å². The Labute approximate surface area is 88.3 Å². The summed E-state index contributed by atoms with van der Waals surface area (Å²) in [5, 5.41) is -0.352. The molecular weight excluding hydrogens is 198 g/mol. The summed E-state index contributed by atoms with van der Waals surface area (Å²) in [6.07, 6.45) is 0. The molecule has 0 aliphatic heterocycles. The van der Waals surface area contributed by atoms with Crippen LogP contribution in [0.3, 0.4) is 0 Å². The third-order valence-corrected chi connectivity index (χ3v) is 4.50. The van der Waals surface area contributed by atoms with Crippen LogP contribution >= 0.6 is 0 Å². The summed E-state index contributed by atoms with van der Waals surface area (Å²) in [6.45, 7) is 12.3. The number of rotatable bonds is 4. The molecule has 0 rings (SSSR count). The SMILES string of the molecule is CC(CNS(=O)(=O)C(C)C)C(C)(C)C. The van der Waals surface area contributed by atoms with E-state index in [0.717, 1.165) is 0 Å². The van der Waals surface area contributed by atoms with Crippen molar-refractivity contribution in [2.24, 2.45) is 11.3 Å². The van der Waals surface area contributed by atoms with E-state index < -0.39 is 10.0 Å². The normalized spacial score (nSPS) is 15.9. The molecule has 0 saturated carbocycles. The molecule has 0 spiro atoms. The maximum atomic E-state index is 11.5. The van der Waals surface area contributed by atoms with Crippen LogP contribution in [0.25, 0.3) is 0 Å². The minimum atomic E-state index is -3.10. The molecule has 0 aromatic carbocycles. The average Bonchev–Trinajstić information content (AvgIpc) is 1.98. The van der Waals surface area contributed by atoms with E-state index in [9.17, 15) is 8.42 Å². The molecule has 0 aliphatic carbocycles. The van der Waals surface area contributed by atoms with Gasteiger partial charge in [0.15, 0.2) is 0 Å². The number of sulfonamides is 1. The lowest BCUT2D eigenvalue weighted by Crippen LogP contribution is -2.37. The molecule has 0 aliphatic rings. The van der Waals surface area contributed by atoms with E-state index in [2.05, 4.69) is 32.4 Å². The maximum Gasteiger partial charge on any atom is 0.213 e. The predicted molar refractivity (Wildman–Crippen MR) is 60.7 cm³/mol. The van der Waals surface area contributed by atoms with Gasteiger partial charge in [0.2, 0.25) is 10.0 Å². The van der Waals surface area contributed by atoms with Crippen molar-refractivity contribution in [3.8, 4) is 0 Å². The Balaban J connectivity index is 4.22. The second kappa shape index (κ2) is 4.62. The van der Waals surface area contributed by atoms with Gasteiger partial charge in [0.05, 0.1) is 5.25 Å². The monoisotopic (exact) mass is 221 g/mol. The summed E-state index contributed by atoms with van der Waals surface area (Å²) in [7, 11) is -3.10. The molecule has 3 nitrogen and oxygen atoms in total. The Morgan fingerprint density at radius 2 is 1.57 bits per heavy atom. The zero-order chi connectivity index (χ0) is 11.6. The zero-order valence-electron chi connectivity index (χ0n) is 10.1. The fourth-order valence-corrected chi connectivity index (χ4v) is 1.53. The highest BCUT2D eigenvalue weighted by molar-refractivity contribution is 7.90. The first-order valence-corrected chi connectivity index (χ1v) is 6.60. The van der Waals surface area contributed by atoms with Gasteiger partial charge in [0.25, 0.3) is 0 Å². The van der Waals surface area contributed by atoms with Gasteiger partial charge in [-0.3, -0.25) is 0 Å². The third kappa shape index (κ3) is 4.42. The number of nitrogens with one attached hydrogen (secondary N) is 1. The second-order valence-corrected chi connectivity index (χ2v) is 7.53. The molecule has 0 radical (unpaired) electrons. The van der Waals surface area contributed by atoms with Crippen molar-refractivity contribution in [2.45, 2.75) is 46.8 Å². The molecule has 0 aromatic rings. The van der Waals surface area contributed by atoms with Crippen LogP contribution in [0.1, 0.15) is 41.5 Å². The van der Waals surface area contributed by atoms with Gasteiger partial charge in [-0.2, -0.15) is 0 Å². The minimum Gasteiger partial charge on any atom is -0.215 e. The van der Waals surface area contributed by atoms with Crippen LogP contribution in [0.2, 0.25) is 0 Å². The summed E-state index contributed by atoms with van der Waals surface area (Å²) < 4.78 is 25.5. The molecule has 4 heteroatoms. The zero-order valence-corrected chi connectivity index (χ0v) is 10.9. The first-order valence-electron chi connectivity index (χ1n) is 5.06. The summed E-state index contributed by atoms with van der Waals surface area (Å²) in [4.78, 5) is 0. The van der Waals surface area contributed by atoms with Gasteiger partial charge in [-0.05, 0) is 25.2 Å². The van der Waals surface area contributed by atoms with Gasteiger partial charge in [-0.25, -0.2) is 13.1 Å². The molecule has 0 amide bonds. The Morgan fingerprint density at radius 1 is 1.14 bits per heavy atom. The fraction of sp³-hybridized carbons (Fsp3) is 1.00. The van der Waals surface area contributed by atoms with E-state index in [1.165, 1.54) is 0 Å². The van der Waals surface area contributed by atoms with Crippen molar-refractivity contribution < 1.29 is 8.42 Å². The lowest BCUT2D eigenvalue weighted by Gasteiger charge is -2.27. The summed E-state index contributed by atoms with van der Waals surface area (Å²) in [5.74, 6) is 0.330. The Bertz CT molecular complexity index is 262. The third-order valence-electron chi connectivity index (χ3n) is 2.69. The summed E-state index contributed by atoms with van der Waals surface area (Å²) in [5.41, 5.74) is 0.138. The predicted octanol–water partition coefficient (Wildman–Crippen LogP) is 2.00. The minimum absolute atomic E-state index is 0.138. The van der Waals surface area contributed by atoms with Crippen LogP contribution in [0, 0.1) is 11.3 Å². The van der Waals surface area contributed by atoms with E-state index in [-0.39, 0.29) is 10.7 Å². The van der Waals surface area contributed by atoms with E-state index in [4.69, 9.17) is 0 Å². The topological polar surface area (TPSA) is 46.2 Å². The highest BCUT2D eigenvalue weighted by Crippen LogP contribution is 2.24. The second-order valence-electron chi connectivity index (χ2n) is 5.21. The lowest BCUT2D eigenvalue weighted by atomic mass is 9.82. The van der Waals surface area contributed by atoms with Gasteiger partial charge in [0.1, 0.15) is 0 Å². The summed E-state index contributed by atoms with van der Waals surface area (Å²) in [6, 6.07) is 0. The molecule has 0 bridgehead atoms. The molecule has 14 heavy (non-hydrogen) atoms. The summed E-state index contributed by atoms with van der Waals surface area (Å²) >= 11 is 0. The lowest BCUT2D eigenvalue weighted by molar-refractivity contribution is 0.263. The van der Waals surface area contributed by atoms with Crippen molar-refractivity contribution in [3.63, 3.8) is 0 Å². The molecule has 0 aromatic heterocycles. The highest BCUT2D eigenvalue weighted by atomic mass is 32.2. The first-order chi connectivity index (χ1) is 6.07. The van der Waals surface area contributed by atoms with E-state index in [0.29, 0.717) is 12.5 Å². The van der Waals surface area contributed by atoms with E-state index in [1.807, 2.05) is 0 Å². The van der Waals surface area contributed by atoms with Gasteiger partial charge in [-0.1, -0.05) is 27.7 Å². The largest absolute Gasteiger partial charge is 0.215 e. The molecule has 0 saturated heterocycles. The molecule has 1 unspecified atom stereocenters. The first kappa shape index (κ1) is 13.9. The number of hydrogen-bond acceptors (Lipinski definition) is 2. The van der Waals surface area contributed by atoms with Crippen molar-refractivity contribution in [2.75, 3.05) is 6.54 Å². The Kier molecular flexibility index (Phi) is 4.59. The Hall–Kier alpha value is -0.0900. The molecule has 0 heterocycles. The van der Waals surface area contributed by atoms with Gasteiger partial charge in [-0.15, -0.1) is 0 Å². The quantitative estimate of drug-likeness (QED) is 0.789. The average molecular weight is 221 g/mol. The number of hydrogen-bond donors (Lipinski definition) is 1. The van der Waals surface area contributed by atoms with Crippen molar-refractivity contribution >= 4 is 10.0 Å². The molecule has 1 atom stereocenters. The Morgan fingerprint density at radius 3 is 1.86 bits per heavy atom.